The first-order valence-electron chi connectivity index (χ1n) is 6.04. The van der Waals surface area contributed by atoms with Gasteiger partial charge in [-0.2, -0.15) is 0 Å². The highest BCUT2D eigenvalue weighted by molar-refractivity contribution is 6.33. The van der Waals surface area contributed by atoms with Crippen LogP contribution >= 0.6 is 11.6 Å². The predicted octanol–water partition coefficient (Wildman–Crippen LogP) is 1.09. The van der Waals surface area contributed by atoms with Crippen molar-refractivity contribution in [1.82, 2.24) is 14.8 Å². The molecule has 5 nitrogen and oxygen atoms in total. The standard InChI is InChI=1S/C12H17ClN4O/c1-2-16-3-5-17(6-4-16)12(18)9-7-11(14)15-8-10(9)13/h7-8H,2-6H2,1H3,(H2,14,15). The normalized spacial score (nSPS) is 16.9. The number of carbonyl (C=O) groups is 1. The molecule has 0 radical (unpaired) electrons. The van der Waals surface area contributed by atoms with Gasteiger partial charge in [0.2, 0.25) is 0 Å². The minimum absolute atomic E-state index is 0.0650. The second kappa shape index (κ2) is 5.54. The van der Waals surface area contributed by atoms with Crippen molar-refractivity contribution in [2.45, 2.75) is 6.92 Å². The Balaban J connectivity index is 2.10. The molecule has 1 amide bonds. The van der Waals surface area contributed by atoms with Crippen LogP contribution in [0.1, 0.15) is 17.3 Å². The van der Waals surface area contributed by atoms with Gasteiger partial charge in [0.05, 0.1) is 10.6 Å². The molecule has 1 aromatic rings. The Bertz CT molecular complexity index is 444. The van der Waals surface area contributed by atoms with E-state index in [4.69, 9.17) is 17.3 Å². The summed E-state index contributed by atoms with van der Waals surface area (Å²) in [4.78, 5) is 20.3. The molecular weight excluding hydrogens is 252 g/mol. The molecule has 1 aliphatic heterocycles. The number of hydrogen-bond acceptors (Lipinski definition) is 4. The van der Waals surface area contributed by atoms with Crippen molar-refractivity contribution in [3.8, 4) is 0 Å². The van der Waals surface area contributed by atoms with E-state index in [1.54, 1.807) is 0 Å². The van der Waals surface area contributed by atoms with Crippen LogP contribution in [0.25, 0.3) is 0 Å². The van der Waals surface area contributed by atoms with Crippen LogP contribution in [0.15, 0.2) is 12.3 Å². The van der Waals surface area contributed by atoms with E-state index in [1.807, 2.05) is 4.90 Å². The number of halogens is 1. The lowest BCUT2D eigenvalue weighted by Crippen LogP contribution is -2.48. The number of nitrogens with two attached hydrogens (primary N) is 1. The Morgan fingerprint density at radius 1 is 1.44 bits per heavy atom. The van der Waals surface area contributed by atoms with Crippen LogP contribution in [0.3, 0.4) is 0 Å². The molecule has 2 N–H and O–H groups in total. The summed E-state index contributed by atoms with van der Waals surface area (Å²) in [6.45, 7) is 6.40. The van der Waals surface area contributed by atoms with Gasteiger partial charge < -0.3 is 15.5 Å². The van der Waals surface area contributed by atoms with Gasteiger partial charge in [-0.1, -0.05) is 18.5 Å². The van der Waals surface area contributed by atoms with Gasteiger partial charge >= 0.3 is 0 Å². The number of piperazine rings is 1. The predicted molar refractivity (Wildman–Crippen MR) is 71.7 cm³/mol. The van der Waals surface area contributed by atoms with Crippen LogP contribution in [0, 0.1) is 0 Å². The van der Waals surface area contributed by atoms with E-state index in [0.29, 0.717) is 16.4 Å². The minimum atomic E-state index is -0.0650. The lowest BCUT2D eigenvalue weighted by Gasteiger charge is -2.34. The Labute approximate surface area is 112 Å². The fourth-order valence-electron chi connectivity index (χ4n) is 2.06. The number of carbonyl (C=O) groups excluding carboxylic acids is 1. The van der Waals surface area contributed by atoms with Crippen molar-refractivity contribution < 1.29 is 4.79 Å². The summed E-state index contributed by atoms with van der Waals surface area (Å²) in [7, 11) is 0. The maximum absolute atomic E-state index is 12.3. The van der Waals surface area contributed by atoms with Crippen molar-refractivity contribution >= 4 is 23.3 Å². The fraction of sp³-hybridized carbons (Fsp3) is 0.500. The lowest BCUT2D eigenvalue weighted by molar-refractivity contribution is 0.0643. The van der Waals surface area contributed by atoms with E-state index in [1.165, 1.54) is 12.3 Å². The highest BCUT2D eigenvalue weighted by Gasteiger charge is 2.23. The number of likely N-dealkylation sites (N-methyl/N-ethyl adjacent to an activating group) is 1. The van der Waals surface area contributed by atoms with Crippen LogP contribution in [0.2, 0.25) is 5.02 Å². The van der Waals surface area contributed by atoms with Gasteiger partial charge in [0, 0.05) is 32.4 Å². The number of nitrogen functional groups attached to an aromatic ring is 1. The number of nitrogens with zero attached hydrogens (tertiary/aromatic N) is 3. The van der Waals surface area contributed by atoms with E-state index in [0.717, 1.165) is 32.7 Å². The molecule has 0 bridgehead atoms. The van der Waals surface area contributed by atoms with Crippen molar-refractivity contribution in [2.24, 2.45) is 0 Å². The maximum Gasteiger partial charge on any atom is 0.255 e. The van der Waals surface area contributed by atoms with Crippen LogP contribution in [0.4, 0.5) is 5.82 Å². The summed E-state index contributed by atoms with van der Waals surface area (Å²) in [6, 6.07) is 1.54. The van der Waals surface area contributed by atoms with Gasteiger partial charge in [-0.05, 0) is 12.6 Å². The largest absolute Gasteiger partial charge is 0.384 e. The average molecular weight is 269 g/mol. The first-order valence-corrected chi connectivity index (χ1v) is 6.42. The average Bonchev–Trinajstić information content (AvgIpc) is 2.41. The van der Waals surface area contributed by atoms with Crippen LogP contribution in [-0.4, -0.2) is 53.4 Å². The number of rotatable bonds is 2. The van der Waals surface area contributed by atoms with Gasteiger partial charge in [-0.15, -0.1) is 0 Å². The summed E-state index contributed by atoms with van der Waals surface area (Å²) < 4.78 is 0. The maximum atomic E-state index is 12.3. The zero-order valence-electron chi connectivity index (χ0n) is 10.4. The highest BCUT2D eigenvalue weighted by atomic mass is 35.5. The molecule has 98 valence electrons. The molecule has 1 fully saturated rings. The SMILES string of the molecule is CCN1CCN(C(=O)c2cc(N)ncc2Cl)CC1. The minimum Gasteiger partial charge on any atom is -0.384 e. The quantitative estimate of drug-likeness (QED) is 0.872. The van der Waals surface area contributed by atoms with Gasteiger partial charge in [0.15, 0.2) is 0 Å². The lowest BCUT2D eigenvalue weighted by atomic mass is 10.2. The van der Waals surface area contributed by atoms with Crippen molar-refractivity contribution in [3.05, 3.63) is 22.8 Å². The van der Waals surface area contributed by atoms with E-state index in [-0.39, 0.29) is 5.91 Å². The topological polar surface area (TPSA) is 62.5 Å². The van der Waals surface area contributed by atoms with Gasteiger partial charge in [-0.3, -0.25) is 4.79 Å². The summed E-state index contributed by atoms with van der Waals surface area (Å²) in [5.41, 5.74) is 6.03. The Kier molecular flexibility index (Phi) is 4.04. The van der Waals surface area contributed by atoms with E-state index in [9.17, 15) is 4.79 Å². The van der Waals surface area contributed by atoms with Crippen molar-refractivity contribution in [3.63, 3.8) is 0 Å². The van der Waals surface area contributed by atoms with E-state index in [2.05, 4.69) is 16.8 Å². The molecule has 1 aliphatic rings. The molecule has 0 spiro atoms. The molecule has 0 saturated carbocycles. The number of aromatic nitrogens is 1. The molecule has 1 aromatic heterocycles. The molecular formula is C12H17ClN4O. The molecule has 0 aromatic carbocycles. The molecule has 18 heavy (non-hydrogen) atoms. The first kappa shape index (κ1) is 13.1. The molecule has 6 heteroatoms. The monoisotopic (exact) mass is 268 g/mol. The van der Waals surface area contributed by atoms with Gasteiger partial charge in [-0.25, -0.2) is 4.98 Å². The Hall–Kier alpha value is -1.33. The third kappa shape index (κ3) is 2.73. The number of pyridine rings is 1. The van der Waals surface area contributed by atoms with Crippen molar-refractivity contribution in [1.29, 1.82) is 0 Å². The molecule has 0 atom stereocenters. The summed E-state index contributed by atoms with van der Waals surface area (Å²) in [5, 5.41) is 0.354. The summed E-state index contributed by atoms with van der Waals surface area (Å²) in [6.07, 6.45) is 1.42. The van der Waals surface area contributed by atoms with E-state index >= 15 is 0 Å². The molecule has 1 saturated heterocycles. The molecule has 2 rings (SSSR count). The first-order chi connectivity index (χ1) is 8.61. The van der Waals surface area contributed by atoms with Crippen LogP contribution in [0.5, 0.6) is 0 Å². The van der Waals surface area contributed by atoms with E-state index < -0.39 is 0 Å². The second-order valence-electron chi connectivity index (χ2n) is 4.32. The van der Waals surface area contributed by atoms with Crippen LogP contribution in [-0.2, 0) is 0 Å². The molecule has 2 heterocycles. The summed E-state index contributed by atoms with van der Waals surface area (Å²) in [5.74, 6) is 0.250. The van der Waals surface area contributed by atoms with Crippen LogP contribution < -0.4 is 5.73 Å². The third-order valence-electron chi connectivity index (χ3n) is 3.21. The van der Waals surface area contributed by atoms with Gasteiger partial charge in [0.1, 0.15) is 5.82 Å². The smallest absolute Gasteiger partial charge is 0.255 e. The highest BCUT2D eigenvalue weighted by Crippen LogP contribution is 2.19. The molecule has 0 unspecified atom stereocenters. The Morgan fingerprint density at radius 2 is 2.11 bits per heavy atom. The second-order valence-corrected chi connectivity index (χ2v) is 4.72. The van der Waals surface area contributed by atoms with Gasteiger partial charge in [0.25, 0.3) is 5.91 Å². The zero-order valence-corrected chi connectivity index (χ0v) is 11.2. The fourth-order valence-corrected chi connectivity index (χ4v) is 2.24. The van der Waals surface area contributed by atoms with Crippen molar-refractivity contribution in [2.75, 3.05) is 38.5 Å². The number of hydrogen-bond donors (Lipinski definition) is 1. The Morgan fingerprint density at radius 3 is 2.72 bits per heavy atom. The zero-order chi connectivity index (χ0) is 13.1. The third-order valence-corrected chi connectivity index (χ3v) is 3.51. The summed E-state index contributed by atoms with van der Waals surface area (Å²) >= 11 is 5.99. The number of amides is 1. The molecule has 0 aliphatic carbocycles. The number of anilines is 1.